The van der Waals surface area contributed by atoms with E-state index in [0.29, 0.717) is 17.3 Å². The van der Waals surface area contributed by atoms with Gasteiger partial charge in [-0.05, 0) is 86.2 Å². The molecular weight excluding hydrogens is 382 g/mol. The van der Waals surface area contributed by atoms with Crippen LogP contribution in [-0.2, 0) is 4.79 Å². The van der Waals surface area contributed by atoms with Crippen LogP contribution in [-0.4, -0.2) is 21.3 Å². The third-order valence-electron chi connectivity index (χ3n) is 9.73. The molecule has 6 unspecified atom stereocenters. The maximum absolute atomic E-state index is 12.3. The monoisotopic (exact) mass is 415 g/mol. The Balaban J connectivity index is 1.42. The third-order valence-corrected chi connectivity index (χ3v) is 9.73. The van der Waals surface area contributed by atoms with Crippen molar-refractivity contribution in [3.8, 4) is 0 Å². The van der Waals surface area contributed by atoms with Crippen molar-refractivity contribution in [3.63, 3.8) is 0 Å². The number of nitrogens with zero attached hydrogens (tertiary/aromatic N) is 3. The molecular formula is C27H33N3O. The molecule has 2 fully saturated rings. The van der Waals surface area contributed by atoms with Crippen LogP contribution in [0, 0.1) is 34.5 Å². The molecule has 0 bridgehead atoms. The number of hydrogen-bond acceptors (Lipinski definition) is 3. The number of benzene rings is 1. The van der Waals surface area contributed by atoms with Gasteiger partial charge in [0, 0.05) is 11.0 Å². The fraction of sp³-hybridized carbons (Fsp3) is 0.593. The number of hydrogen-bond donors (Lipinski definition) is 0. The summed E-state index contributed by atoms with van der Waals surface area (Å²) >= 11 is 0. The lowest BCUT2D eigenvalue weighted by atomic mass is 9.47. The van der Waals surface area contributed by atoms with Gasteiger partial charge in [-0.2, -0.15) is 0 Å². The number of carbonyl (C=O) groups excluding carboxylic acids is 1. The van der Waals surface area contributed by atoms with E-state index in [1.165, 1.54) is 32.1 Å². The van der Waals surface area contributed by atoms with E-state index < -0.39 is 0 Å². The molecule has 0 amide bonds. The molecule has 2 aromatic rings. The van der Waals surface area contributed by atoms with Gasteiger partial charge in [-0.3, -0.25) is 4.79 Å². The standard InChI is InChI=1S/C27H33N3O/c1-17-10-12-26(2)19(14-17)8-9-20-21(26)11-13-27(3)22(20)15-18(16-31)25(27)30-24-7-5-4-6-23(24)28-29-30/h4-8,16-17,20-22H,9-15H2,1-3H3. The maximum atomic E-state index is 12.3. The van der Waals surface area contributed by atoms with Gasteiger partial charge in [-0.25, -0.2) is 4.68 Å². The highest BCUT2D eigenvalue weighted by Gasteiger charge is 2.58. The number of fused-ring (bicyclic) bond motifs is 6. The minimum atomic E-state index is -0.0163. The summed E-state index contributed by atoms with van der Waals surface area (Å²) in [5.74, 6) is 2.74. The predicted molar refractivity (Wildman–Crippen MR) is 123 cm³/mol. The summed E-state index contributed by atoms with van der Waals surface area (Å²) in [6, 6.07) is 8.11. The van der Waals surface area contributed by atoms with Crippen LogP contribution in [0.15, 0.2) is 41.5 Å². The molecule has 4 aliphatic rings. The van der Waals surface area contributed by atoms with Gasteiger partial charge in [0.2, 0.25) is 0 Å². The predicted octanol–water partition coefficient (Wildman–Crippen LogP) is 6.05. The van der Waals surface area contributed by atoms with Gasteiger partial charge in [0.1, 0.15) is 11.8 Å². The van der Waals surface area contributed by atoms with Crippen LogP contribution in [0.4, 0.5) is 0 Å². The van der Waals surface area contributed by atoms with Crippen molar-refractivity contribution in [2.75, 3.05) is 0 Å². The van der Waals surface area contributed by atoms with Crippen LogP contribution in [0.25, 0.3) is 16.7 Å². The van der Waals surface area contributed by atoms with Gasteiger partial charge in [0.25, 0.3) is 0 Å². The van der Waals surface area contributed by atoms with Crippen LogP contribution in [0.2, 0.25) is 0 Å². The van der Waals surface area contributed by atoms with E-state index in [1.54, 1.807) is 5.57 Å². The maximum Gasteiger partial charge on any atom is 0.147 e. The zero-order valence-corrected chi connectivity index (χ0v) is 19.0. The second-order valence-corrected chi connectivity index (χ2v) is 11.2. The van der Waals surface area contributed by atoms with Crippen molar-refractivity contribution in [2.24, 2.45) is 34.5 Å². The molecule has 6 rings (SSSR count). The molecule has 31 heavy (non-hydrogen) atoms. The second-order valence-electron chi connectivity index (χ2n) is 11.2. The van der Waals surface area contributed by atoms with Gasteiger partial charge in [0.05, 0.1) is 11.2 Å². The highest BCUT2D eigenvalue weighted by molar-refractivity contribution is 5.89. The smallest absolute Gasteiger partial charge is 0.147 e. The first-order chi connectivity index (χ1) is 15.0. The first-order valence-electron chi connectivity index (χ1n) is 12.1. The molecule has 0 aliphatic heterocycles. The Morgan fingerprint density at radius 2 is 1.87 bits per heavy atom. The zero-order valence-electron chi connectivity index (χ0n) is 19.0. The summed E-state index contributed by atoms with van der Waals surface area (Å²) in [4.78, 5) is 12.3. The van der Waals surface area contributed by atoms with E-state index in [-0.39, 0.29) is 5.41 Å². The van der Waals surface area contributed by atoms with Crippen molar-refractivity contribution in [3.05, 3.63) is 41.5 Å². The van der Waals surface area contributed by atoms with Crippen LogP contribution < -0.4 is 0 Å². The van der Waals surface area contributed by atoms with Crippen molar-refractivity contribution in [2.45, 2.75) is 65.7 Å². The number of rotatable bonds is 2. The first kappa shape index (κ1) is 19.5. The Morgan fingerprint density at radius 3 is 2.71 bits per heavy atom. The SMILES string of the molecule is CC1CCC2(C)C(=CCC3C2CCC2(C)C(n4nnc5ccccc54)=C(C=O)CC32)C1. The molecule has 1 aromatic carbocycles. The fourth-order valence-electron chi connectivity index (χ4n) is 8.05. The van der Waals surface area contributed by atoms with Gasteiger partial charge < -0.3 is 0 Å². The fourth-order valence-corrected chi connectivity index (χ4v) is 8.05. The first-order valence-corrected chi connectivity index (χ1v) is 12.1. The Bertz CT molecular complexity index is 1130. The lowest BCUT2D eigenvalue weighted by Gasteiger charge is -2.57. The summed E-state index contributed by atoms with van der Waals surface area (Å²) in [5, 5.41) is 8.95. The second kappa shape index (κ2) is 6.63. The third kappa shape index (κ3) is 2.57. The van der Waals surface area contributed by atoms with Crippen molar-refractivity contribution in [1.82, 2.24) is 15.0 Å². The number of aldehydes is 1. The molecule has 1 heterocycles. The van der Waals surface area contributed by atoms with Gasteiger partial charge in [-0.15, -0.1) is 5.10 Å². The summed E-state index contributed by atoms with van der Waals surface area (Å²) in [5.41, 5.74) is 6.06. The van der Waals surface area contributed by atoms with E-state index in [1.807, 2.05) is 22.9 Å². The molecule has 2 saturated carbocycles. The molecule has 162 valence electrons. The number of carbonyl (C=O) groups is 1. The average Bonchev–Trinajstić information content (AvgIpc) is 3.31. The van der Waals surface area contributed by atoms with Gasteiger partial charge in [-0.1, -0.05) is 49.8 Å². The largest absolute Gasteiger partial charge is 0.298 e. The molecule has 0 saturated heterocycles. The molecule has 1 aromatic heterocycles. The summed E-state index contributed by atoms with van der Waals surface area (Å²) in [6.07, 6.45) is 12.1. The minimum absolute atomic E-state index is 0.0163. The van der Waals surface area contributed by atoms with Crippen molar-refractivity contribution >= 4 is 23.0 Å². The van der Waals surface area contributed by atoms with E-state index in [4.69, 9.17) is 0 Å². The average molecular weight is 416 g/mol. The number of allylic oxidation sites excluding steroid dienone is 4. The normalized spacial score (nSPS) is 39.6. The molecule has 4 aliphatic carbocycles. The Morgan fingerprint density at radius 1 is 1.06 bits per heavy atom. The van der Waals surface area contributed by atoms with Crippen LogP contribution in [0.1, 0.15) is 65.7 Å². The van der Waals surface area contributed by atoms with Crippen LogP contribution in [0.3, 0.4) is 0 Å². The minimum Gasteiger partial charge on any atom is -0.298 e. The highest BCUT2D eigenvalue weighted by Crippen LogP contribution is 2.66. The quantitative estimate of drug-likeness (QED) is 0.443. The summed E-state index contributed by atoms with van der Waals surface area (Å²) in [6.45, 7) is 7.37. The van der Waals surface area contributed by atoms with E-state index in [0.717, 1.165) is 53.3 Å². The van der Waals surface area contributed by atoms with Crippen molar-refractivity contribution in [1.29, 1.82) is 0 Å². The van der Waals surface area contributed by atoms with Crippen molar-refractivity contribution < 1.29 is 4.79 Å². The van der Waals surface area contributed by atoms with Gasteiger partial charge in [0.15, 0.2) is 0 Å². The summed E-state index contributed by atoms with van der Waals surface area (Å²) in [7, 11) is 0. The molecule has 0 spiro atoms. The van der Waals surface area contributed by atoms with E-state index in [9.17, 15) is 4.79 Å². The Labute approximate surface area is 184 Å². The molecule has 0 N–H and O–H groups in total. The Kier molecular flexibility index (Phi) is 4.16. The van der Waals surface area contributed by atoms with Crippen LogP contribution in [0.5, 0.6) is 0 Å². The molecule has 6 atom stereocenters. The number of aromatic nitrogens is 3. The topological polar surface area (TPSA) is 47.8 Å². The molecule has 4 nitrogen and oxygen atoms in total. The number of para-hydroxylation sites is 1. The Hall–Kier alpha value is -2.23. The van der Waals surface area contributed by atoms with E-state index >= 15 is 0 Å². The lowest BCUT2D eigenvalue weighted by molar-refractivity contribution is -0.105. The summed E-state index contributed by atoms with van der Waals surface area (Å²) < 4.78 is 1.99. The van der Waals surface area contributed by atoms with E-state index in [2.05, 4.69) is 43.2 Å². The lowest BCUT2D eigenvalue weighted by Crippen LogP contribution is -2.49. The zero-order chi connectivity index (χ0) is 21.4. The van der Waals surface area contributed by atoms with Gasteiger partial charge >= 0.3 is 0 Å². The molecule has 4 heteroatoms. The molecule has 0 radical (unpaired) electrons. The van der Waals surface area contributed by atoms with Crippen LogP contribution >= 0.6 is 0 Å². The highest BCUT2D eigenvalue weighted by atomic mass is 16.1.